The van der Waals surface area contributed by atoms with Gasteiger partial charge in [-0.25, -0.2) is 4.79 Å². The smallest absolute Gasteiger partial charge is 0.337 e. The number of amides is 1. The number of hydrogen-bond donors (Lipinski definition) is 1. The van der Waals surface area contributed by atoms with E-state index >= 15 is 0 Å². The predicted molar refractivity (Wildman–Crippen MR) is 117 cm³/mol. The number of carbonyl (C=O) groups is 3. The van der Waals surface area contributed by atoms with E-state index in [4.69, 9.17) is 4.74 Å². The third-order valence-corrected chi connectivity index (χ3v) is 5.52. The van der Waals surface area contributed by atoms with Gasteiger partial charge in [0.05, 0.1) is 24.4 Å². The number of methoxy groups -OCH3 is 1. The summed E-state index contributed by atoms with van der Waals surface area (Å²) in [6, 6.07) is 5.88. The van der Waals surface area contributed by atoms with Gasteiger partial charge >= 0.3 is 5.97 Å². The van der Waals surface area contributed by atoms with Crippen LogP contribution in [-0.2, 0) is 20.7 Å². The fourth-order valence-corrected chi connectivity index (χ4v) is 3.76. The molecule has 1 atom stereocenters. The first-order valence-electron chi connectivity index (χ1n) is 10.9. The SMILES string of the molecule is COC(=O)c1ccc(-n2nnc(C[C@H](NC(=O)C3CC(C)C3)C(=O)CC(C)(C)C)n2)cc1. The van der Waals surface area contributed by atoms with Crippen LogP contribution in [0.25, 0.3) is 5.69 Å². The molecule has 0 radical (unpaired) electrons. The summed E-state index contributed by atoms with van der Waals surface area (Å²) in [4.78, 5) is 38.5. The maximum atomic E-state index is 13.0. The van der Waals surface area contributed by atoms with Crippen LogP contribution >= 0.6 is 0 Å². The molecule has 1 N–H and O–H groups in total. The Bertz CT molecular complexity index is 971. The summed E-state index contributed by atoms with van der Waals surface area (Å²) in [5, 5.41) is 15.4. The van der Waals surface area contributed by atoms with Crippen LogP contribution in [0.2, 0.25) is 0 Å². The lowest BCUT2D eigenvalue weighted by atomic mass is 9.75. The van der Waals surface area contributed by atoms with Crippen molar-refractivity contribution in [2.24, 2.45) is 17.3 Å². The largest absolute Gasteiger partial charge is 0.465 e. The maximum absolute atomic E-state index is 13.0. The number of Topliss-reactive ketones (excluding diaryl/α,β-unsaturated/α-hetero) is 1. The average Bonchev–Trinajstić information content (AvgIpc) is 3.17. The summed E-state index contributed by atoms with van der Waals surface area (Å²) in [5.41, 5.74) is 0.830. The fraction of sp³-hybridized carbons (Fsp3) is 0.565. The maximum Gasteiger partial charge on any atom is 0.337 e. The molecule has 0 saturated heterocycles. The number of carbonyl (C=O) groups excluding carboxylic acids is 3. The lowest BCUT2D eigenvalue weighted by Gasteiger charge is -2.32. The zero-order valence-corrected chi connectivity index (χ0v) is 19.3. The number of nitrogens with one attached hydrogen (secondary N) is 1. The summed E-state index contributed by atoms with van der Waals surface area (Å²) >= 11 is 0. The third kappa shape index (κ3) is 5.99. The van der Waals surface area contributed by atoms with Crippen molar-refractivity contribution >= 4 is 17.7 Å². The molecular formula is C23H31N5O4. The standard InChI is InChI=1S/C23H31N5O4/c1-14-10-16(11-14)21(30)24-18(19(29)13-23(2,3)4)12-20-25-27-28(26-20)17-8-6-15(7-9-17)22(31)32-5/h6-9,14,16,18H,10-13H2,1-5H3,(H,24,30)/t14?,16?,18-/m0/s1. The second kappa shape index (κ2) is 9.58. The van der Waals surface area contributed by atoms with Crippen LogP contribution in [-0.4, -0.2) is 51.0 Å². The van der Waals surface area contributed by atoms with E-state index in [0.29, 0.717) is 29.4 Å². The Morgan fingerprint density at radius 1 is 1.19 bits per heavy atom. The van der Waals surface area contributed by atoms with Gasteiger partial charge in [-0.15, -0.1) is 15.0 Å². The van der Waals surface area contributed by atoms with Gasteiger partial charge in [-0.05, 0) is 53.7 Å². The van der Waals surface area contributed by atoms with Crippen LogP contribution < -0.4 is 5.32 Å². The van der Waals surface area contributed by atoms with Crippen molar-refractivity contribution in [1.82, 2.24) is 25.5 Å². The molecule has 2 aromatic rings. The molecule has 1 aliphatic rings. The van der Waals surface area contributed by atoms with Gasteiger partial charge < -0.3 is 10.1 Å². The van der Waals surface area contributed by atoms with Crippen molar-refractivity contribution in [1.29, 1.82) is 0 Å². The number of ether oxygens (including phenoxy) is 1. The first kappa shape index (κ1) is 23.6. The van der Waals surface area contributed by atoms with E-state index in [-0.39, 0.29) is 29.4 Å². The van der Waals surface area contributed by atoms with Crippen molar-refractivity contribution in [3.8, 4) is 5.69 Å². The average molecular weight is 442 g/mol. The molecule has 1 aromatic heterocycles. The molecule has 32 heavy (non-hydrogen) atoms. The van der Waals surface area contributed by atoms with Crippen LogP contribution in [0.3, 0.4) is 0 Å². The van der Waals surface area contributed by atoms with E-state index in [1.165, 1.54) is 11.9 Å². The molecule has 1 fully saturated rings. The summed E-state index contributed by atoms with van der Waals surface area (Å²) < 4.78 is 4.70. The van der Waals surface area contributed by atoms with Gasteiger partial charge in [0.2, 0.25) is 5.91 Å². The van der Waals surface area contributed by atoms with Gasteiger partial charge in [0.1, 0.15) is 0 Å². The number of benzene rings is 1. The monoisotopic (exact) mass is 441 g/mol. The Morgan fingerprint density at radius 2 is 1.84 bits per heavy atom. The second-order valence-electron chi connectivity index (χ2n) is 9.78. The second-order valence-corrected chi connectivity index (χ2v) is 9.78. The van der Waals surface area contributed by atoms with Gasteiger partial charge in [0.25, 0.3) is 0 Å². The summed E-state index contributed by atoms with van der Waals surface area (Å²) in [5.74, 6) is 0.309. The molecule has 1 aromatic carbocycles. The van der Waals surface area contributed by atoms with E-state index in [1.54, 1.807) is 24.3 Å². The summed E-state index contributed by atoms with van der Waals surface area (Å²) in [6.07, 6.45) is 2.20. The quantitative estimate of drug-likeness (QED) is 0.626. The van der Waals surface area contributed by atoms with E-state index in [0.717, 1.165) is 12.8 Å². The highest BCUT2D eigenvalue weighted by Crippen LogP contribution is 2.33. The Balaban J connectivity index is 1.72. The summed E-state index contributed by atoms with van der Waals surface area (Å²) in [7, 11) is 1.32. The normalized spacial score (nSPS) is 19.0. The molecule has 9 heteroatoms. The Labute approximate surface area is 187 Å². The Hall–Kier alpha value is -3.10. The van der Waals surface area contributed by atoms with E-state index < -0.39 is 12.0 Å². The van der Waals surface area contributed by atoms with Crippen molar-refractivity contribution in [3.05, 3.63) is 35.7 Å². The van der Waals surface area contributed by atoms with Crippen LogP contribution in [0, 0.1) is 17.3 Å². The molecule has 1 aliphatic carbocycles. The van der Waals surface area contributed by atoms with Crippen LogP contribution in [0.5, 0.6) is 0 Å². The fourth-order valence-electron chi connectivity index (χ4n) is 3.76. The minimum Gasteiger partial charge on any atom is -0.465 e. The van der Waals surface area contributed by atoms with Gasteiger partial charge in [0, 0.05) is 18.8 Å². The van der Waals surface area contributed by atoms with E-state index in [2.05, 4.69) is 27.7 Å². The molecule has 1 saturated carbocycles. The van der Waals surface area contributed by atoms with Crippen molar-refractivity contribution < 1.29 is 19.1 Å². The van der Waals surface area contributed by atoms with Crippen LogP contribution in [0.1, 0.15) is 63.1 Å². The van der Waals surface area contributed by atoms with E-state index in [1.807, 2.05) is 20.8 Å². The molecule has 1 amide bonds. The molecule has 0 spiro atoms. The lowest BCUT2D eigenvalue weighted by Crippen LogP contribution is -2.48. The zero-order chi connectivity index (χ0) is 23.5. The molecule has 1 heterocycles. The number of aromatic nitrogens is 4. The van der Waals surface area contributed by atoms with Crippen LogP contribution in [0.4, 0.5) is 0 Å². The first-order valence-corrected chi connectivity index (χ1v) is 10.9. The highest BCUT2D eigenvalue weighted by atomic mass is 16.5. The molecule has 0 aliphatic heterocycles. The predicted octanol–water partition coefficient (Wildman–Crippen LogP) is 2.53. The van der Waals surface area contributed by atoms with Crippen LogP contribution in [0.15, 0.2) is 24.3 Å². The molecule has 0 unspecified atom stereocenters. The van der Waals surface area contributed by atoms with Gasteiger partial charge in [-0.3, -0.25) is 9.59 Å². The lowest BCUT2D eigenvalue weighted by molar-refractivity contribution is -0.133. The minimum atomic E-state index is -0.697. The molecular weight excluding hydrogens is 410 g/mol. The minimum absolute atomic E-state index is 0.0353. The highest BCUT2D eigenvalue weighted by Gasteiger charge is 2.34. The van der Waals surface area contributed by atoms with Crippen molar-refractivity contribution in [2.45, 2.75) is 59.4 Å². The topological polar surface area (TPSA) is 116 Å². The third-order valence-electron chi connectivity index (χ3n) is 5.52. The Kier molecular flexibility index (Phi) is 7.06. The number of hydrogen-bond acceptors (Lipinski definition) is 7. The number of ketones is 1. The van der Waals surface area contributed by atoms with Gasteiger partial charge in [-0.1, -0.05) is 27.7 Å². The molecule has 172 valence electrons. The van der Waals surface area contributed by atoms with Crippen molar-refractivity contribution in [2.75, 3.05) is 7.11 Å². The van der Waals surface area contributed by atoms with Crippen molar-refractivity contribution in [3.63, 3.8) is 0 Å². The molecule has 0 bridgehead atoms. The van der Waals surface area contributed by atoms with Gasteiger partial charge in [0.15, 0.2) is 11.6 Å². The van der Waals surface area contributed by atoms with Gasteiger partial charge in [-0.2, -0.15) is 0 Å². The number of nitrogens with zero attached hydrogens (tertiary/aromatic N) is 4. The number of esters is 1. The first-order chi connectivity index (χ1) is 15.1. The zero-order valence-electron chi connectivity index (χ0n) is 19.3. The highest BCUT2D eigenvalue weighted by molar-refractivity contribution is 5.90. The number of tetrazole rings is 1. The Morgan fingerprint density at radius 3 is 2.41 bits per heavy atom. The van der Waals surface area contributed by atoms with E-state index in [9.17, 15) is 14.4 Å². The molecule has 9 nitrogen and oxygen atoms in total. The summed E-state index contributed by atoms with van der Waals surface area (Å²) in [6.45, 7) is 8.09. The molecule has 3 rings (SSSR count). The number of rotatable bonds is 8.